The summed E-state index contributed by atoms with van der Waals surface area (Å²) in [7, 11) is 3.32. The minimum Gasteiger partial charge on any atom is -0.494 e. The molecule has 0 aliphatic heterocycles. The molecule has 4 heteroatoms. The summed E-state index contributed by atoms with van der Waals surface area (Å²) in [6.07, 6.45) is 2.24. The van der Waals surface area contributed by atoms with Crippen molar-refractivity contribution in [1.29, 1.82) is 0 Å². The van der Waals surface area contributed by atoms with Gasteiger partial charge in [-0.15, -0.1) is 0 Å². The fourth-order valence-corrected chi connectivity index (χ4v) is 2.12. The maximum absolute atomic E-state index is 14.1. The molecule has 0 radical (unpaired) electrons. The zero-order chi connectivity index (χ0) is 13.8. The molecule has 1 aromatic heterocycles. The van der Waals surface area contributed by atoms with E-state index in [1.165, 1.54) is 7.11 Å². The Morgan fingerprint density at radius 3 is 2.79 bits per heavy atom. The van der Waals surface area contributed by atoms with Crippen molar-refractivity contribution in [2.24, 2.45) is 0 Å². The van der Waals surface area contributed by atoms with Crippen molar-refractivity contribution in [3.8, 4) is 5.75 Å². The highest BCUT2D eigenvalue weighted by atomic mass is 19.1. The molecule has 1 atom stereocenters. The van der Waals surface area contributed by atoms with Crippen LogP contribution in [0.3, 0.4) is 0 Å². The normalized spacial score (nSPS) is 12.4. The Morgan fingerprint density at radius 1 is 1.42 bits per heavy atom. The van der Waals surface area contributed by atoms with Gasteiger partial charge >= 0.3 is 0 Å². The molecule has 2 rings (SSSR count). The first-order valence-electron chi connectivity index (χ1n) is 6.19. The molecule has 3 nitrogen and oxygen atoms in total. The lowest BCUT2D eigenvalue weighted by molar-refractivity contribution is 0.383. The van der Waals surface area contributed by atoms with Gasteiger partial charge in [0.15, 0.2) is 11.6 Å². The van der Waals surface area contributed by atoms with Gasteiger partial charge in [-0.2, -0.15) is 0 Å². The van der Waals surface area contributed by atoms with Crippen molar-refractivity contribution >= 4 is 0 Å². The lowest BCUT2D eigenvalue weighted by Crippen LogP contribution is -2.18. The van der Waals surface area contributed by atoms with E-state index in [0.717, 1.165) is 11.3 Å². The van der Waals surface area contributed by atoms with Crippen LogP contribution < -0.4 is 10.1 Å². The van der Waals surface area contributed by atoms with Crippen LogP contribution in [0.4, 0.5) is 4.39 Å². The van der Waals surface area contributed by atoms with Crippen molar-refractivity contribution in [3.05, 3.63) is 53.2 Å². The van der Waals surface area contributed by atoms with Crippen molar-refractivity contribution < 1.29 is 13.5 Å². The second kappa shape index (κ2) is 5.89. The molecule has 0 saturated heterocycles. The van der Waals surface area contributed by atoms with E-state index in [2.05, 4.69) is 5.32 Å². The minimum absolute atomic E-state index is 0.0130. The first-order chi connectivity index (χ1) is 9.15. The van der Waals surface area contributed by atoms with Crippen LogP contribution in [0, 0.1) is 12.7 Å². The predicted octanol–water partition coefficient (Wildman–Crippen LogP) is 3.24. The van der Waals surface area contributed by atoms with Crippen LogP contribution in [-0.4, -0.2) is 14.2 Å². The highest BCUT2D eigenvalue weighted by Gasteiger charge is 2.16. The van der Waals surface area contributed by atoms with Gasteiger partial charge < -0.3 is 14.5 Å². The Morgan fingerprint density at radius 2 is 2.21 bits per heavy atom. The van der Waals surface area contributed by atoms with Gasteiger partial charge in [-0.05, 0) is 38.1 Å². The Hall–Kier alpha value is -1.81. The standard InChI is InChI=1S/C15H18FNO2/c1-10-7-12(9-19-10)13(17-2)8-11-5-4-6-14(18-3)15(11)16/h4-7,9,13,17H,8H2,1-3H3. The lowest BCUT2D eigenvalue weighted by Gasteiger charge is -2.15. The smallest absolute Gasteiger partial charge is 0.168 e. The SMILES string of the molecule is CNC(Cc1cccc(OC)c1F)c1coc(C)c1. The quantitative estimate of drug-likeness (QED) is 0.899. The molecule has 1 unspecified atom stereocenters. The number of hydrogen-bond donors (Lipinski definition) is 1. The third-order valence-electron chi connectivity index (χ3n) is 3.19. The molecule has 1 heterocycles. The average Bonchev–Trinajstić information content (AvgIpc) is 2.84. The number of nitrogens with one attached hydrogen (secondary N) is 1. The van der Waals surface area contributed by atoms with Gasteiger partial charge in [0.25, 0.3) is 0 Å². The summed E-state index contributed by atoms with van der Waals surface area (Å²) in [5, 5.41) is 3.18. The largest absolute Gasteiger partial charge is 0.494 e. The fraction of sp³-hybridized carbons (Fsp3) is 0.333. The molecule has 19 heavy (non-hydrogen) atoms. The van der Waals surface area contributed by atoms with Crippen molar-refractivity contribution in [2.75, 3.05) is 14.2 Å². The third kappa shape index (κ3) is 2.96. The number of likely N-dealkylation sites (N-methyl/N-ethyl adjacent to an activating group) is 1. The van der Waals surface area contributed by atoms with Crippen LogP contribution in [0.25, 0.3) is 0 Å². The van der Waals surface area contributed by atoms with Crippen LogP contribution in [0.1, 0.15) is 22.9 Å². The van der Waals surface area contributed by atoms with Crippen LogP contribution in [0.2, 0.25) is 0 Å². The summed E-state index contributed by atoms with van der Waals surface area (Å²) in [4.78, 5) is 0. The average molecular weight is 263 g/mol. The molecule has 0 saturated carbocycles. The second-order valence-corrected chi connectivity index (χ2v) is 4.47. The van der Waals surface area contributed by atoms with E-state index in [9.17, 15) is 4.39 Å². The van der Waals surface area contributed by atoms with Crippen LogP contribution in [0.5, 0.6) is 5.75 Å². The van der Waals surface area contributed by atoms with Crippen LogP contribution >= 0.6 is 0 Å². The number of halogens is 1. The molecule has 102 valence electrons. The van der Waals surface area contributed by atoms with Crippen LogP contribution in [0.15, 0.2) is 34.9 Å². The molecule has 0 aliphatic carbocycles. The lowest BCUT2D eigenvalue weighted by atomic mass is 10.0. The Bertz CT molecular complexity index is 551. The minimum atomic E-state index is -0.300. The third-order valence-corrected chi connectivity index (χ3v) is 3.19. The van der Waals surface area contributed by atoms with Crippen molar-refractivity contribution in [3.63, 3.8) is 0 Å². The fourth-order valence-electron chi connectivity index (χ4n) is 2.12. The molecular formula is C15H18FNO2. The first-order valence-corrected chi connectivity index (χ1v) is 6.19. The summed E-state index contributed by atoms with van der Waals surface area (Å²) in [6, 6.07) is 7.16. The van der Waals surface area contributed by atoms with E-state index in [4.69, 9.17) is 9.15 Å². The van der Waals surface area contributed by atoms with E-state index in [1.54, 1.807) is 24.5 Å². The molecule has 0 bridgehead atoms. The Labute approximate surface area is 112 Å². The summed E-state index contributed by atoms with van der Waals surface area (Å²) < 4.78 is 24.4. The van der Waals surface area contributed by atoms with Crippen LogP contribution in [-0.2, 0) is 6.42 Å². The van der Waals surface area contributed by atoms with E-state index >= 15 is 0 Å². The molecule has 2 aromatic rings. The monoisotopic (exact) mass is 263 g/mol. The maximum atomic E-state index is 14.1. The molecule has 0 fully saturated rings. The number of rotatable bonds is 5. The van der Waals surface area contributed by atoms with Gasteiger partial charge in [-0.25, -0.2) is 4.39 Å². The maximum Gasteiger partial charge on any atom is 0.168 e. The topological polar surface area (TPSA) is 34.4 Å². The molecule has 0 amide bonds. The number of furan rings is 1. The zero-order valence-corrected chi connectivity index (χ0v) is 11.4. The second-order valence-electron chi connectivity index (χ2n) is 4.47. The van der Waals surface area contributed by atoms with Gasteiger partial charge in [0.2, 0.25) is 0 Å². The first kappa shape index (κ1) is 13.6. The van der Waals surface area contributed by atoms with Crippen molar-refractivity contribution in [1.82, 2.24) is 5.32 Å². The number of benzene rings is 1. The van der Waals surface area contributed by atoms with Gasteiger partial charge in [0, 0.05) is 11.6 Å². The predicted molar refractivity (Wildman–Crippen MR) is 71.9 cm³/mol. The molecule has 1 N–H and O–H groups in total. The highest BCUT2D eigenvalue weighted by Crippen LogP contribution is 2.25. The number of ether oxygens (including phenoxy) is 1. The summed E-state index contributed by atoms with van der Waals surface area (Å²) in [5.41, 5.74) is 1.64. The number of methoxy groups -OCH3 is 1. The van der Waals surface area contributed by atoms with Gasteiger partial charge in [0.1, 0.15) is 5.76 Å². The Kier molecular flexibility index (Phi) is 4.22. The number of aryl methyl sites for hydroxylation is 1. The van der Waals surface area contributed by atoms with E-state index < -0.39 is 0 Å². The number of hydrogen-bond acceptors (Lipinski definition) is 3. The summed E-state index contributed by atoms with van der Waals surface area (Å²) in [6.45, 7) is 1.89. The molecular weight excluding hydrogens is 245 g/mol. The summed E-state index contributed by atoms with van der Waals surface area (Å²) in [5.74, 6) is 0.822. The van der Waals surface area contributed by atoms with Gasteiger partial charge in [0.05, 0.1) is 13.4 Å². The molecule has 0 spiro atoms. The van der Waals surface area contributed by atoms with Crippen molar-refractivity contribution in [2.45, 2.75) is 19.4 Å². The molecule has 1 aromatic carbocycles. The van der Waals surface area contributed by atoms with E-state index in [1.807, 2.05) is 20.0 Å². The summed E-state index contributed by atoms with van der Waals surface area (Å²) >= 11 is 0. The molecule has 0 aliphatic rings. The van der Waals surface area contributed by atoms with E-state index in [-0.39, 0.29) is 17.6 Å². The van der Waals surface area contributed by atoms with Gasteiger partial charge in [-0.1, -0.05) is 12.1 Å². The Balaban J connectivity index is 2.23. The highest BCUT2D eigenvalue weighted by molar-refractivity contribution is 5.32. The zero-order valence-electron chi connectivity index (χ0n) is 11.4. The van der Waals surface area contributed by atoms with Gasteiger partial charge in [-0.3, -0.25) is 0 Å². The van der Waals surface area contributed by atoms with E-state index in [0.29, 0.717) is 12.0 Å².